The number of primary sulfonamides is 1. The van der Waals surface area contributed by atoms with Gasteiger partial charge in [0.25, 0.3) is 0 Å². The first-order valence-electron chi connectivity index (χ1n) is 11.4. The monoisotopic (exact) mass is 542 g/mol. The molecule has 0 aliphatic carbocycles. The van der Waals surface area contributed by atoms with Crippen molar-refractivity contribution in [3.05, 3.63) is 34.4 Å². The predicted molar refractivity (Wildman–Crippen MR) is 134 cm³/mol. The maximum atomic E-state index is 12.5. The molecule has 10 nitrogen and oxygen atoms in total. The van der Waals surface area contributed by atoms with Gasteiger partial charge < -0.3 is 26.2 Å². The number of amides is 1. The topological polar surface area (TPSA) is 176 Å². The molecule has 1 amide bonds. The Labute approximate surface area is 212 Å². The summed E-state index contributed by atoms with van der Waals surface area (Å²) >= 11 is 2.91. The smallest absolute Gasteiger partial charge is 0.353 e. The Morgan fingerprint density at radius 2 is 2.09 bits per heavy atom. The zero-order valence-corrected chi connectivity index (χ0v) is 21.7. The van der Waals surface area contributed by atoms with Gasteiger partial charge in [-0.1, -0.05) is 13.0 Å². The fourth-order valence-corrected chi connectivity index (χ4v) is 8.79. The third-order valence-corrected chi connectivity index (χ3v) is 10.6. The maximum absolute atomic E-state index is 12.5. The first-order valence-corrected chi connectivity index (χ1v) is 14.8. The summed E-state index contributed by atoms with van der Waals surface area (Å²) in [4.78, 5) is 27.3. The number of aliphatic hydroxyl groups is 1. The number of nitrogens with zero attached hydrogens (tertiary/aromatic N) is 1. The predicted octanol–water partition coefficient (Wildman–Crippen LogP) is 0.504. The molecular formula is C22H30N4O6S3. The van der Waals surface area contributed by atoms with Crippen molar-refractivity contribution >= 4 is 45.4 Å². The van der Waals surface area contributed by atoms with E-state index in [1.165, 1.54) is 34.5 Å². The van der Waals surface area contributed by atoms with Gasteiger partial charge in [-0.25, -0.2) is 18.4 Å². The second-order valence-corrected chi connectivity index (χ2v) is 13.0. The van der Waals surface area contributed by atoms with Gasteiger partial charge in [0.2, 0.25) is 15.9 Å². The van der Waals surface area contributed by atoms with E-state index >= 15 is 0 Å². The molecule has 0 bridgehead atoms. The lowest BCUT2D eigenvalue weighted by molar-refractivity contribution is -0.157. The summed E-state index contributed by atoms with van der Waals surface area (Å²) in [6.45, 7) is 2.73. The minimum absolute atomic E-state index is 0.0667. The second-order valence-electron chi connectivity index (χ2n) is 9.05. The van der Waals surface area contributed by atoms with Crippen LogP contribution in [-0.2, 0) is 26.2 Å². The number of aliphatic hydroxyl groups excluding tert-OH is 1. The minimum atomic E-state index is -3.89. The quantitative estimate of drug-likeness (QED) is 0.207. The van der Waals surface area contributed by atoms with Crippen molar-refractivity contribution in [3.63, 3.8) is 0 Å². The van der Waals surface area contributed by atoms with E-state index in [4.69, 9.17) is 10.9 Å². The first kappa shape index (κ1) is 26.5. The van der Waals surface area contributed by atoms with Crippen LogP contribution in [0.5, 0.6) is 0 Å². The number of hydrogen-bond donors (Lipinski definition) is 5. The van der Waals surface area contributed by atoms with Crippen LogP contribution in [0.2, 0.25) is 0 Å². The van der Waals surface area contributed by atoms with Crippen molar-refractivity contribution in [1.29, 1.82) is 0 Å². The van der Waals surface area contributed by atoms with Crippen LogP contribution >= 0.6 is 23.5 Å². The van der Waals surface area contributed by atoms with E-state index in [-0.39, 0.29) is 58.8 Å². The Morgan fingerprint density at radius 3 is 2.71 bits per heavy atom. The molecule has 35 heavy (non-hydrogen) atoms. The van der Waals surface area contributed by atoms with Gasteiger partial charge in [-0.05, 0) is 30.5 Å². The van der Waals surface area contributed by atoms with Crippen LogP contribution in [0.3, 0.4) is 0 Å². The van der Waals surface area contributed by atoms with E-state index in [0.29, 0.717) is 34.1 Å². The molecule has 1 aromatic carbocycles. The lowest BCUT2D eigenvalue weighted by atomic mass is 9.80. The largest absolute Gasteiger partial charge is 0.477 e. The molecule has 7 N–H and O–H groups in total. The fraction of sp³-hybridized carbons (Fsp3) is 0.545. The number of rotatable bonds is 10. The molecule has 0 spiro atoms. The van der Waals surface area contributed by atoms with Gasteiger partial charge >= 0.3 is 5.97 Å². The number of carbonyl (C=O) groups is 2. The highest BCUT2D eigenvalue weighted by molar-refractivity contribution is 8.03. The highest BCUT2D eigenvalue weighted by Crippen LogP contribution is 2.51. The van der Waals surface area contributed by atoms with Crippen LogP contribution in [0.15, 0.2) is 38.6 Å². The Kier molecular flexibility index (Phi) is 7.86. The average Bonchev–Trinajstić information content (AvgIpc) is 3.36. The molecule has 4 rings (SSSR count). The summed E-state index contributed by atoms with van der Waals surface area (Å²) < 4.78 is 24.1. The van der Waals surface area contributed by atoms with Crippen molar-refractivity contribution < 1.29 is 28.2 Å². The van der Waals surface area contributed by atoms with Crippen molar-refractivity contribution in [2.75, 3.05) is 18.9 Å². The number of carbonyl (C=O) groups excluding carboxylic acids is 1. The van der Waals surface area contributed by atoms with Crippen LogP contribution in [0.1, 0.15) is 25.3 Å². The molecule has 13 heteroatoms. The van der Waals surface area contributed by atoms with Gasteiger partial charge in [0.1, 0.15) is 5.70 Å². The number of sulfonamides is 1. The molecule has 0 aromatic heterocycles. The van der Waals surface area contributed by atoms with E-state index in [2.05, 4.69) is 5.32 Å². The third-order valence-electron chi connectivity index (χ3n) is 6.77. The number of hydrogen-bond acceptors (Lipinski definition) is 9. The molecule has 3 aliphatic rings. The number of thioether (sulfide) groups is 2. The summed E-state index contributed by atoms with van der Waals surface area (Å²) in [6, 6.07) is 4.91. The van der Waals surface area contributed by atoms with E-state index in [9.17, 15) is 28.2 Å². The highest BCUT2D eigenvalue weighted by atomic mass is 32.2. The molecule has 5 atom stereocenters. The SMILES string of the molecule is C[C@H]1C(S[C@@H]2CN[C@H](CSc3ccc(CN)cc3S(N)(=O)=O)C2)=C(C(=O)O)N2C(=O)[C@@H](CCO)[C@@H]12. The minimum Gasteiger partial charge on any atom is -0.477 e. The lowest BCUT2D eigenvalue weighted by Gasteiger charge is -2.45. The standard InChI is InChI=1S/C22H30N4O6S3/c1-11-18-15(4-5-27)21(28)26(18)19(22(29)30)20(11)34-14-7-13(25-9-14)10-33-16-3-2-12(8-23)6-17(16)35(24,31)32/h2-3,6,11,13-15,18,25,27H,4-5,7-10,23H2,1H3,(H,29,30)(H2,24,31,32)/t11-,13+,14+,15+,18-/m1/s1. The van der Waals surface area contributed by atoms with Gasteiger partial charge in [-0.15, -0.1) is 23.5 Å². The van der Waals surface area contributed by atoms with Crippen LogP contribution in [-0.4, -0.2) is 71.6 Å². The first-order chi connectivity index (χ1) is 16.6. The Hall–Kier alpha value is -1.61. The number of carboxylic acids is 1. The molecule has 0 saturated carbocycles. The van der Waals surface area contributed by atoms with E-state index in [1.807, 2.05) is 6.92 Å². The molecule has 0 unspecified atom stereocenters. The third kappa shape index (κ3) is 5.13. The molecule has 192 valence electrons. The fourth-order valence-electron chi connectivity index (χ4n) is 5.08. The summed E-state index contributed by atoms with van der Waals surface area (Å²) in [7, 11) is -3.89. The highest BCUT2D eigenvalue weighted by Gasteiger charge is 2.58. The Morgan fingerprint density at radius 1 is 1.34 bits per heavy atom. The molecule has 1 aromatic rings. The Bertz CT molecular complexity index is 1160. The number of carboxylic acid groups (broad SMARTS) is 1. The van der Waals surface area contributed by atoms with Gasteiger partial charge in [0.05, 0.1) is 16.9 Å². The number of nitrogens with two attached hydrogens (primary N) is 2. The number of nitrogens with one attached hydrogen (secondary N) is 1. The Balaban J connectivity index is 1.41. The zero-order valence-electron chi connectivity index (χ0n) is 19.2. The number of β-lactam (4-membered cyclic amide) rings is 1. The molecule has 0 radical (unpaired) electrons. The molecule has 2 fully saturated rings. The van der Waals surface area contributed by atoms with Crippen LogP contribution in [0, 0.1) is 11.8 Å². The summed E-state index contributed by atoms with van der Waals surface area (Å²) in [5.41, 5.74) is 6.39. The van der Waals surface area contributed by atoms with Crippen molar-refractivity contribution in [3.8, 4) is 0 Å². The lowest BCUT2D eigenvalue weighted by Crippen LogP contribution is -2.60. The molecule has 3 aliphatic heterocycles. The van der Waals surface area contributed by atoms with Crippen molar-refractivity contribution in [2.24, 2.45) is 22.7 Å². The molecular weight excluding hydrogens is 512 g/mol. The van der Waals surface area contributed by atoms with Gasteiger partial charge in [-0.2, -0.15) is 0 Å². The van der Waals surface area contributed by atoms with Gasteiger partial charge in [-0.3, -0.25) is 4.79 Å². The summed E-state index contributed by atoms with van der Waals surface area (Å²) in [5.74, 6) is -1.16. The average molecular weight is 543 g/mol. The van der Waals surface area contributed by atoms with Gasteiger partial charge in [0.15, 0.2) is 0 Å². The van der Waals surface area contributed by atoms with E-state index in [0.717, 1.165) is 6.42 Å². The maximum Gasteiger partial charge on any atom is 0.353 e. The van der Waals surface area contributed by atoms with E-state index < -0.39 is 16.0 Å². The second kappa shape index (κ2) is 10.4. The molecule has 3 heterocycles. The van der Waals surface area contributed by atoms with Crippen molar-refractivity contribution in [2.45, 2.75) is 53.4 Å². The molecule has 2 saturated heterocycles. The number of fused-ring (bicyclic) bond motifs is 1. The number of benzene rings is 1. The zero-order chi connectivity index (χ0) is 25.5. The van der Waals surface area contributed by atoms with Crippen LogP contribution in [0.4, 0.5) is 0 Å². The van der Waals surface area contributed by atoms with E-state index in [1.54, 1.807) is 12.1 Å². The summed E-state index contributed by atoms with van der Waals surface area (Å²) in [5, 5.41) is 28.1. The van der Waals surface area contributed by atoms with Crippen molar-refractivity contribution in [1.82, 2.24) is 10.2 Å². The van der Waals surface area contributed by atoms with Crippen LogP contribution in [0.25, 0.3) is 0 Å². The van der Waals surface area contributed by atoms with Gasteiger partial charge in [0, 0.05) is 52.5 Å². The number of aliphatic carboxylic acids is 1. The normalized spacial score (nSPS) is 28.4. The van der Waals surface area contributed by atoms with Crippen LogP contribution < -0.4 is 16.2 Å². The summed E-state index contributed by atoms with van der Waals surface area (Å²) in [6.07, 6.45) is 1.11.